The van der Waals surface area contributed by atoms with E-state index in [9.17, 15) is 0 Å². The number of benzene rings is 1. The molecular weight excluding hydrogens is 278 g/mol. The molecular formula is C14H14BrNO. The minimum Gasteiger partial charge on any atom is -0.481 e. The number of terminal acetylenes is 1. The number of hydrogen-bond acceptors (Lipinski definition) is 2. The second-order valence-electron chi connectivity index (χ2n) is 3.28. The van der Waals surface area contributed by atoms with Crippen molar-refractivity contribution in [3.63, 3.8) is 0 Å². The summed E-state index contributed by atoms with van der Waals surface area (Å²) in [6.07, 6.45) is 5.18. The molecule has 1 rings (SSSR count). The molecule has 0 aliphatic heterocycles. The first-order valence-electron chi connectivity index (χ1n) is 5.23. The van der Waals surface area contributed by atoms with Crippen LogP contribution in [0.15, 0.2) is 22.7 Å². The highest BCUT2D eigenvalue weighted by molar-refractivity contribution is 9.10. The molecule has 0 unspecified atom stereocenters. The van der Waals surface area contributed by atoms with Crippen LogP contribution in [0.4, 0.5) is 0 Å². The Morgan fingerprint density at radius 3 is 3.00 bits per heavy atom. The third kappa shape index (κ3) is 4.95. The molecule has 0 heterocycles. The molecule has 0 aliphatic carbocycles. The zero-order chi connectivity index (χ0) is 12.5. The molecule has 1 N–H and O–H groups in total. The fourth-order valence-electron chi connectivity index (χ4n) is 1.29. The van der Waals surface area contributed by atoms with Gasteiger partial charge in [-0.25, -0.2) is 0 Å². The van der Waals surface area contributed by atoms with Crippen LogP contribution in [0.1, 0.15) is 12.5 Å². The third-order valence-electron chi connectivity index (χ3n) is 2.04. The van der Waals surface area contributed by atoms with E-state index in [1.165, 1.54) is 0 Å². The van der Waals surface area contributed by atoms with Gasteiger partial charge >= 0.3 is 0 Å². The molecule has 17 heavy (non-hydrogen) atoms. The Balaban J connectivity index is 2.68. The first-order chi connectivity index (χ1) is 8.27. The van der Waals surface area contributed by atoms with E-state index in [1.807, 2.05) is 25.1 Å². The second-order valence-corrected chi connectivity index (χ2v) is 4.19. The summed E-state index contributed by atoms with van der Waals surface area (Å²) in [5, 5.41) is 3.22. The lowest BCUT2D eigenvalue weighted by Crippen LogP contribution is -2.14. The van der Waals surface area contributed by atoms with Gasteiger partial charge in [0, 0.05) is 16.6 Å². The molecule has 2 nitrogen and oxygen atoms in total. The van der Waals surface area contributed by atoms with Gasteiger partial charge in [-0.3, -0.25) is 0 Å². The number of hydrogen-bond donors (Lipinski definition) is 1. The molecule has 0 saturated heterocycles. The molecule has 0 fully saturated rings. The summed E-state index contributed by atoms with van der Waals surface area (Å²) in [5.41, 5.74) is 1.06. The van der Waals surface area contributed by atoms with Crippen molar-refractivity contribution in [1.29, 1.82) is 0 Å². The molecule has 1 aromatic rings. The van der Waals surface area contributed by atoms with Crippen LogP contribution in [-0.4, -0.2) is 13.2 Å². The number of rotatable bonds is 5. The molecule has 1 aromatic carbocycles. The summed E-state index contributed by atoms with van der Waals surface area (Å²) >= 11 is 3.44. The molecule has 3 heteroatoms. The van der Waals surface area contributed by atoms with Crippen LogP contribution in [0.25, 0.3) is 0 Å². The molecule has 0 atom stereocenters. The van der Waals surface area contributed by atoms with Crippen LogP contribution in [0.2, 0.25) is 0 Å². The highest BCUT2D eigenvalue weighted by Crippen LogP contribution is 2.23. The highest BCUT2D eigenvalue weighted by Gasteiger charge is 2.03. The summed E-state index contributed by atoms with van der Waals surface area (Å²) in [5.74, 6) is 9.05. The first-order valence-corrected chi connectivity index (χ1v) is 6.02. The molecule has 88 valence electrons. The van der Waals surface area contributed by atoms with Crippen molar-refractivity contribution in [3.8, 4) is 29.9 Å². The molecule has 0 bridgehead atoms. The van der Waals surface area contributed by atoms with Crippen LogP contribution in [0, 0.1) is 24.2 Å². The SMILES string of the molecule is C#CCOc1ccc(Br)cc1CNCC#CC. The Hall–Kier alpha value is -1.42. The fraction of sp³-hybridized carbons (Fsp3) is 0.286. The Labute approximate surface area is 111 Å². The van der Waals surface area contributed by atoms with Crippen molar-refractivity contribution in [2.45, 2.75) is 13.5 Å². The van der Waals surface area contributed by atoms with Crippen LogP contribution < -0.4 is 10.1 Å². The quantitative estimate of drug-likeness (QED) is 0.665. The van der Waals surface area contributed by atoms with E-state index < -0.39 is 0 Å². The van der Waals surface area contributed by atoms with E-state index in [4.69, 9.17) is 11.2 Å². The van der Waals surface area contributed by atoms with Crippen molar-refractivity contribution >= 4 is 15.9 Å². The molecule has 0 saturated carbocycles. The van der Waals surface area contributed by atoms with Crippen LogP contribution in [-0.2, 0) is 6.54 Å². The van der Waals surface area contributed by atoms with Gasteiger partial charge in [-0.2, -0.15) is 0 Å². The molecule has 0 amide bonds. The average Bonchev–Trinajstić information content (AvgIpc) is 2.33. The van der Waals surface area contributed by atoms with Crippen molar-refractivity contribution in [2.24, 2.45) is 0 Å². The van der Waals surface area contributed by atoms with Gasteiger partial charge in [0.25, 0.3) is 0 Å². The Morgan fingerprint density at radius 2 is 2.29 bits per heavy atom. The standard InChI is InChI=1S/C14H14BrNO/c1-3-5-8-16-11-12-10-13(15)6-7-14(12)17-9-4-2/h2,6-7,10,16H,8-9,11H2,1H3. The Morgan fingerprint density at radius 1 is 1.47 bits per heavy atom. The zero-order valence-electron chi connectivity index (χ0n) is 9.72. The zero-order valence-corrected chi connectivity index (χ0v) is 11.3. The lowest BCUT2D eigenvalue weighted by atomic mass is 10.2. The lowest BCUT2D eigenvalue weighted by molar-refractivity contribution is 0.365. The lowest BCUT2D eigenvalue weighted by Gasteiger charge is -2.10. The van der Waals surface area contributed by atoms with E-state index in [0.29, 0.717) is 13.1 Å². The van der Waals surface area contributed by atoms with Crippen LogP contribution in [0.5, 0.6) is 5.75 Å². The number of nitrogens with one attached hydrogen (secondary N) is 1. The van der Waals surface area contributed by atoms with Gasteiger partial charge in [0.15, 0.2) is 0 Å². The highest BCUT2D eigenvalue weighted by atomic mass is 79.9. The summed E-state index contributed by atoms with van der Waals surface area (Å²) in [4.78, 5) is 0. The molecule has 0 spiro atoms. The predicted octanol–water partition coefficient (Wildman–Crippen LogP) is 2.57. The van der Waals surface area contributed by atoms with Crippen molar-refractivity contribution in [2.75, 3.05) is 13.2 Å². The van der Waals surface area contributed by atoms with Crippen molar-refractivity contribution in [1.82, 2.24) is 5.32 Å². The molecule has 0 aliphatic rings. The summed E-state index contributed by atoms with van der Waals surface area (Å²) in [6.45, 7) is 3.47. The predicted molar refractivity (Wildman–Crippen MR) is 73.6 cm³/mol. The molecule has 0 radical (unpaired) electrons. The van der Waals surface area contributed by atoms with Gasteiger partial charge in [0.1, 0.15) is 12.4 Å². The minimum atomic E-state index is 0.281. The van der Waals surface area contributed by atoms with E-state index in [2.05, 4.69) is 39.0 Å². The van der Waals surface area contributed by atoms with E-state index in [0.717, 1.165) is 15.8 Å². The monoisotopic (exact) mass is 291 g/mol. The van der Waals surface area contributed by atoms with Gasteiger partial charge in [0.2, 0.25) is 0 Å². The molecule has 0 aromatic heterocycles. The van der Waals surface area contributed by atoms with Gasteiger partial charge in [-0.05, 0) is 25.1 Å². The smallest absolute Gasteiger partial charge is 0.148 e. The number of halogens is 1. The Bertz CT molecular complexity index is 465. The van der Waals surface area contributed by atoms with Gasteiger partial charge in [0.05, 0.1) is 6.54 Å². The van der Waals surface area contributed by atoms with Crippen LogP contribution in [0.3, 0.4) is 0 Å². The minimum absolute atomic E-state index is 0.281. The topological polar surface area (TPSA) is 21.3 Å². The van der Waals surface area contributed by atoms with Gasteiger partial charge < -0.3 is 10.1 Å². The summed E-state index contributed by atoms with van der Waals surface area (Å²) in [7, 11) is 0. The van der Waals surface area contributed by atoms with E-state index >= 15 is 0 Å². The van der Waals surface area contributed by atoms with E-state index in [-0.39, 0.29) is 6.61 Å². The largest absolute Gasteiger partial charge is 0.481 e. The van der Waals surface area contributed by atoms with Crippen molar-refractivity contribution < 1.29 is 4.74 Å². The summed E-state index contributed by atoms with van der Waals surface area (Å²) < 4.78 is 6.48. The van der Waals surface area contributed by atoms with Crippen LogP contribution >= 0.6 is 15.9 Å². The maximum absolute atomic E-state index is 5.47. The Kier molecular flexibility index (Phi) is 6.25. The van der Waals surface area contributed by atoms with E-state index in [1.54, 1.807) is 0 Å². The third-order valence-corrected chi connectivity index (χ3v) is 2.53. The second kappa shape index (κ2) is 7.79. The first kappa shape index (κ1) is 13.6. The number of ether oxygens (including phenoxy) is 1. The maximum atomic E-state index is 5.47. The summed E-state index contributed by atoms with van der Waals surface area (Å²) in [6, 6.07) is 5.85. The van der Waals surface area contributed by atoms with Crippen molar-refractivity contribution in [3.05, 3.63) is 28.2 Å². The average molecular weight is 292 g/mol. The maximum Gasteiger partial charge on any atom is 0.148 e. The van der Waals surface area contributed by atoms with Gasteiger partial charge in [-0.15, -0.1) is 12.3 Å². The van der Waals surface area contributed by atoms with Gasteiger partial charge in [-0.1, -0.05) is 27.8 Å². The normalized spacial score (nSPS) is 9.00. The fourth-order valence-corrected chi connectivity index (χ4v) is 1.70.